The van der Waals surface area contributed by atoms with Gasteiger partial charge in [0.2, 0.25) is 5.91 Å². The quantitative estimate of drug-likeness (QED) is 0.678. The minimum Gasteiger partial charge on any atom is -0.469 e. The molecule has 0 aromatic rings. The van der Waals surface area contributed by atoms with E-state index in [4.69, 9.17) is 19.9 Å². The van der Waals surface area contributed by atoms with E-state index in [1.807, 2.05) is 0 Å². The number of hydrogen-bond donors (Lipinski definition) is 2. The second kappa shape index (κ2) is 6.51. The first-order valence-corrected chi connectivity index (χ1v) is 6.90. The molecule has 1 amide bonds. The van der Waals surface area contributed by atoms with Crippen LogP contribution in [0.5, 0.6) is 0 Å². The van der Waals surface area contributed by atoms with Crippen LogP contribution in [0.3, 0.4) is 0 Å². The Morgan fingerprint density at radius 1 is 1.40 bits per heavy atom. The van der Waals surface area contributed by atoms with E-state index in [2.05, 4.69) is 5.32 Å². The van der Waals surface area contributed by atoms with E-state index in [0.29, 0.717) is 13.0 Å². The van der Waals surface area contributed by atoms with Crippen LogP contribution in [0, 0.1) is 5.92 Å². The molecular formula is C13H22N2O5. The van der Waals surface area contributed by atoms with E-state index < -0.39 is 18.1 Å². The van der Waals surface area contributed by atoms with Crippen molar-refractivity contribution < 1.29 is 23.8 Å². The number of methoxy groups -OCH3 is 1. The van der Waals surface area contributed by atoms with E-state index in [0.717, 1.165) is 12.8 Å². The van der Waals surface area contributed by atoms with Crippen molar-refractivity contribution in [3.8, 4) is 0 Å². The first kappa shape index (κ1) is 15.2. The van der Waals surface area contributed by atoms with Gasteiger partial charge in [0.05, 0.1) is 25.2 Å². The second-order valence-corrected chi connectivity index (χ2v) is 5.30. The molecule has 1 aliphatic heterocycles. The molecule has 20 heavy (non-hydrogen) atoms. The van der Waals surface area contributed by atoms with Crippen LogP contribution in [0.15, 0.2) is 0 Å². The fourth-order valence-electron chi connectivity index (χ4n) is 2.88. The van der Waals surface area contributed by atoms with Crippen LogP contribution in [0.4, 0.5) is 0 Å². The van der Waals surface area contributed by atoms with E-state index in [1.165, 1.54) is 14.0 Å². The van der Waals surface area contributed by atoms with Gasteiger partial charge in [0.25, 0.3) is 0 Å². The number of hydrogen-bond acceptors (Lipinski definition) is 6. The van der Waals surface area contributed by atoms with E-state index in [1.54, 1.807) is 0 Å². The molecular weight excluding hydrogens is 264 g/mol. The number of ether oxygens (including phenoxy) is 3. The number of amides is 1. The van der Waals surface area contributed by atoms with Crippen LogP contribution in [0.2, 0.25) is 0 Å². The lowest BCUT2D eigenvalue weighted by molar-refractivity contribution is -0.174. The highest BCUT2D eigenvalue weighted by Gasteiger charge is 2.48. The van der Waals surface area contributed by atoms with Crippen molar-refractivity contribution in [3.05, 3.63) is 0 Å². The summed E-state index contributed by atoms with van der Waals surface area (Å²) in [5, 5.41) is 2.77. The molecule has 2 rings (SSSR count). The minimum absolute atomic E-state index is 0.197. The first-order chi connectivity index (χ1) is 9.52. The van der Waals surface area contributed by atoms with Gasteiger partial charge in [-0.1, -0.05) is 0 Å². The van der Waals surface area contributed by atoms with Crippen molar-refractivity contribution in [1.29, 1.82) is 0 Å². The molecule has 2 fully saturated rings. The number of esters is 1. The zero-order chi connectivity index (χ0) is 14.7. The number of nitrogens with two attached hydrogens (primary N) is 1. The van der Waals surface area contributed by atoms with E-state index >= 15 is 0 Å². The fourth-order valence-corrected chi connectivity index (χ4v) is 2.88. The Hall–Kier alpha value is -1.18. The van der Waals surface area contributed by atoms with Gasteiger partial charge >= 0.3 is 5.97 Å². The van der Waals surface area contributed by atoms with Gasteiger partial charge in [-0.3, -0.25) is 9.59 Å². The fraction of sp³-hybridized carbons (Fsp3) is 0.846. The topological polar surface area (TPSA) is 99.9 Å². The van der Waals surface area contributed by atoms with Crippen molar-refractivity contribution in [2.75, 3.05) is 13.7 Å². The molecule has 5 atom stereocenters. The van der Waals surface area contributed by atoms with Gasteiger partial charge in [0.1, 0.15) is 0 Å². The summed E-state index contributed by atoms with van der Waals surface area (Å²) < 4.78 is 16.1. The van der Waals surface area contributed by atoms with Crippen LogP contribution < -0.4 is 11.1 Å². The zero-order valence-corrected chi connectivity index (χ0v) is 11.8. The normalized spacial score (nSPS) is 36.9. The molecule has 0 bridgehead atoms. The third-order valence-corrected chi connectivity index (χ3v) is 3.81. The monoisotopic (exact) mass is 286 g/mol. The number of nitrogens with one attached hydrogen (secondary N) is 1. The Bertz CT molecular complexity index is 370. The highest BCUT2D eigenvalue weighted by Crippen LogP contribution is 2.32. The summed E-state index contributed by atoms with van der Waals surface area (Å²) in [7, 11) is 1.34. The van der Waals surface area contributed by atoms with Crippen LogP contribution >= 0.6 is 0 Å². The number of carbonyl (C=O) groups excluding carboxylic acids is 2. The van der Waals surface area contributed by atoms with Crippen molar-refractivity contribution in [2.45, 2.75) is 50.7 Å². The van der Waals surface area contributed by atoms with Gasteiger partial charge in [-0.25, -0.2) is 0 Å². The second-order valence-electron chi connectivity index (χ2n) is 5.30. The van der Waals surface area contributed by atoms with Gasteiger partial charge in [0.15, 0.2) is 6.29 Å². The smallest absolute Gasteiger partial charge is 0.311 e. The van der Waals surface area contributed by atoms with Crippen molar-refractivity contribution in [3.63, 3.8) is 0 Å². The molecule has 1 saturated heterocycles. The number of rotatable bonds is 4. The lowest BCUT2D eigenvalue weighted by Crippen LogP contribution is -2.51. The minimum atomic E-state index is -0.510. The third kappa shape index (κ3) is 3.28. The van der Waals surface area contributed by atoms with Gasteiger partial charge in [-0.15, -0.1) is 0 Å². The Morgan fingerprint density at radius 3 is 2.70 bits per heavy atom. The average molecular weight is 286 g/mol. The molecule has 0 aromatic heterocycles. The maximum absolute atomic E-state index is 11.9. The predicted molar refractivity (Wildman–Crippen MR) is 69.6 cm³/mol. The highest BCUT2D eigenvalue weighted by molar-refractivity contribution is 5.76. The molecule has 5 unspecified atom stereocenters. The lowest BCUT2D eigenvalue weighted by atomic mass is 10.0. The average Bonchev–Trinajstić information content (AvgIpc) is 3.00. The molecule has 1 heterocycles. The summed E-state index contributed by atoms with van der Waals surface area (Å²) in [6.45, 7) is 2.07. The Balaban J connectivity index is 2.11. The lowest BCUT2D eigenvalue weighted by Gasteiger charge is -2.28. The zero-order valence-electron chi connectivity index (χ0n) is 11.8. The van der Waals surface area contributed by atoms with Crippen LogP contribution in [-0.2, 0) is 23.8 Å². The maximum atomic E-state index is 11.9. The molecule has 114 valence electrons. The standard InChI is InChI=1S/C13H22N2O5/c1-7(16)15-11-9(14)6-8(13(17)18-2)12(11)20-10-4-3-5-19-10/h8-12H,3-6,14H2,1-2H3,(H,15,16). The SMILES string of the molecule is COC(=O)C1CC(N)C(NC(C)=O)C1OC1CCCO1. The Morgan fingerprint density at radius 2 is 2.15 bits per heavy atom. The molecule has 0 aromatic carbocycles. The van der Waals surface area contributed by atoms with Gasteiger partial charge < -0.3 is 25.3 Å². The molecule has 1 aliphatic carbocycles. The summed E-state index contributed by atoms with van der Waals surface area (Å²) in [6, 6.07) is -0.741. The van der Waals surface area contributed by atoms with Crippen molar-refractivity contribution >= 4 is 11.9 Å². The van der Waals surface area contributed by atoms with E-state index in [-0.39, 0.29) is 24.2 Å². The molecule has 1 saturated carbocycles. The van der Waals surface area contributed by atoms with Crippen LogP contribution in [0.25, 0.3) is 0 Å². The molecule has 0 spiro atoms. The maximum Gasteiger partial charge on any atom is 0.311 e. The summed E-state index contributed by atoms with van der Waals surface area (Å²) >= 11 is 0. The first-order valence-electron chi connectivity index (χ1n) is 6.90. The highest BCUT2D eigenvalue weighted by atomic mass is 16.7. The Labute approximate surface area is 118 Å². The van der Waals surface area contributed by atoms with Crippen molar-refractivity contribution in [2.24, 2.45) is 11.7 Å². The van der Waals surface area contributed by atoms with E-state index in [9.17, 15) is 9.59 Å². The van der Waals surface area contributed by atoms with Gasteiger partial charge in [-0.2, -0.15) is 0 Å². The van der Waals surface area contributed by atoms with Gasteiger partial charge in [0, 0.05) is 26.0 Å². The third-order valence-electron chi connectivity index (χ3n) is 3.81. The molecule has 3 N–H and O–H groups in total. The predicted octanol–water partition coefficient (Wildman–Crippen LogP) is -0.467. The molecule has 2 aliphatic rings. The van der Waals surface area contributed by atoms with Crippen LogP contribution in [-0.4, -0.2) is 50.1 Å². The van der Waals surface area contributed by atoms with Crippen molar-refractivity contribution in [1.82, 2.24) is 5.32 Å². The Kier molecular flexibility index (Phi) is 4.95. The van der Waals surface area contributed by atoms with Gasteiger partial charge in [-0.05, 0) is 12.8 Å². The summed E-state index contributed by atoms with van der Waals surface area (Å²) in [5.74, 6) is -1.04. The summed E-state index contributed by atoms with van der Waals surface area (Å²) in [5.41, 5.74) is 6.03. The molecule has 0 radical (unpaired) electrons. The summed E-state index contributed by atoms with van der Waals surface area (Å²) in [6.07, 6.45) is 1.29. The largest absolute Gasteiger partial charge is 0.469 e. The number of carbonyl (C=O) groups is 2. The van der Waals surface area contributed by atoms with Crippen LogP contribution in [0.1, 0.15) is 26.2 Å². The molecule has 7 heteroatoms. The summed E-state index contributed by atoms with van der Waals surface area (Å²) in [4.78, 5) is 23.2. The molecule has 7 nitrogen and oxygen atoms in total.